The quantitative estimate of drug-likeness (QED) is 0.131. The normalized spacial score (nSPS) is 57.1. The van der Waals surface area contributed by atoms with E-state index in [-0.39, 0.29) is 37.0 Å². The summed E-state index contributed by atoms with van der Waals surface area (Å²) in [6.07, 6.45) is -0.653. The zero-order valence-electron chi connectivity index (χ0n) is 21.6. The molecule has 10 saturated heterocycles. The van der Waals surface area contributed by atoms with Gasteiger partial charge in [0.25, 0.3) is 0 Å². The van der Waals surface area contributed by atoms with Crippen molar-refractivity contribution in [2.24, 2.45) is 0 Å². The van der Waals surface area contributed by atoms with E-state index in [1.807, 2.05) is 0 Å². The molecular formula is C34H31Cl2FeP2Pd. The summed E-state index contributed by atoms with van der Waals surface area (Å²) >= 11 is -0.989. The van der Waals surface area contributed by atoms with Crippen molar-refractivity contribution in [3.05, 3.63) is 121 Å². The van der Waals surface area contributed by atoms with E-state index < -0.39 is 22.3 Å². The molecule has 4 atom stereocenters. The monoisotopic (exact) mass is 733 g/mol. The van der Waals surface area contributed by atoms with E-state index in [0.29, 0.717) is 0 Å². The Labute approximate surface area is 246 Å². The maximum atomic E-state index is 2.54. The van der Waals surface area contributed by atoms with Gasteiger partial charge in [0.1, 0.15) is 0 Å². The Bertz CT molecular complexity index is 1900. The summed E-state index contributed by atoms with van der Waals surface area (Å²) in [6.45, 7) is -3.40. The van der Waals surface area contributed by atoms with Crippen molar-refractivity contribution in [2.45, 2.75) is 46.1 Å². The molecule has 209 valence electrons. The van der Waals surface area contributed by atoms with E-state index in [1.165, 1.54) is 43.3 Å². The molecule has 0 nitrogen and oxygen atoms in total. The second-order valence-electron chi connectivity index (χ2n) is 15.6. The molecule has 10 aliphatic rings. The predicted octanol–water partition coefficient (Wildman–Crippen LogP) is 9.26. The van der Waals surface area contributed by atoms with Gasteiger partial charge in [0, 0.05) is 0 Å². The number of benzene rings is 4. The van der Waals surface area contributed by atoms with Crippen molar-refractivity contribution in [3.63, 3.8) is 0 Å². The zero-order chi connectivity index (χ0) is 24.2. The fourth-order valence-electron chi connectivity index (χ4n) is 19.2. The van der Waals surface area contributed by atoms with E-state index in [1.54, 1.807) is 21.2 Å². The van der Waals surface area contributed by atoms with Crippen LogP contribution in [0.3, 0.4) is 0 Å². The van der Waals surface area contributed by atoms with Gasteiger partial charge in [-0.15, -0.1) is 24.8 Å². The van der Waals surface area contributed by atoms with Crippen LogP contribution < -0.4 is 21.2 Å². The van der Waals surface area contributed by atoms with Gasteiger partial charge >= 0.3 is 223 Å². The molecular weight excluding hydrogens is 703 g/mol. The van der Waals surface area contributed by atoms with Crippen LogP contribution >= 0.6 is 37.0 Å². The van der Waals surface area contributed by atoms with E-state index in [9.17, 15) is 0 Å². The number of rotatable bonds is 7. The third kappa shape index (κ3) is 0.663. The van der Waals surface area contributed by atoms with E-state index in [2.05, 4.69) is 121 Å². The van der Waals surface area contributed by atoms with Gasteiger partial charge in [-0.2, -0.15) is 0 Å². The number of halogens is 2. The molecule has 10 fully saturated rings. The standard InChI is InChI=1S/2C12H10P.C5H5.C5H4.2ClH.Fe.Pd/c2*1-3-7-11(8-4-1)13-12-9-5-2-6-10-12;2*1-2-4-5-3-1;;;;/h2*1-10H;1-5H;1-4H;2*1H;;/q2*-1;;;;;;+2. The summed E-state index contributed by atoms with van der Waals surface area (Å²) in [6, 6.07) is 48.1. The van der Waals surface area contributed by atoms with Crippen LogP contribution in [0.5, 0.6) is 0 Å². The molecule has 0 saturated carbocycles. The first kappa shape index (κ1) is 23.0. The Hall–Kier alpha value is -0.498. The van der Waals surface area contributed by atoms with Gasteiger partial charge in [0.05, 0.1) is 0 Å². The van der Waals surface area contributed by atoms with Crippen LogP contribution in [0, 0.1) is 0 Å². The molecule has 0 aromatic heterocycles. The molecule has 40 heavy (non-hydrogen) atoms. The first-order valence-electron chi connectivity index (χ1n) is 14.2. The molecule has 0 bridgehead atoms. The first-order chi connectivity index (χ1) is 18.6. The molecule has 4 aromatic carbocycles. The van der Waals surface area contributed by atoms with Crippen molar-refractivity contribution in [3.8, 4) is 0 Å². The second kappa shape index (κ2) is 3.86. The molecule has 4 unspecified atom stereocenters. The van der Waals surface area contributed by atoms with Crippen molar-refractivity contribution in [2.75, 3.05) is 0 Å². The Morgan fingerprint density at radius 3 is 0.900 bits per heavy atom. The third-order valence-electron chi connectivity index (χ3n) is 18.8. The topological polar surface area (TPSA) is 0 Å². The van der Waals surface area contributed by atoms with Gasteiger partial charge in [-0.05, 0) is 0 Å². The summed E-state index contributed by atoms with van der Waals surface area (Å²) in [5, 5.41) is 6.80. The van der Waals surface area contributed by atoms with E-state index >= 15 is 0 Å². The van der Waals surface area contributed by atoms with Crippen LogP contribution in [-0.2, 0) is 22.3 Å². The Morgan fingerprint density at radius 1 is 0.425 bits per heavy atom. The SMILES string of the molecule is Cl.Cl.c1ccc([P](c2ccccc2)[Pd]([P](c2ccccc2)c2ccccc2)[C]23[CH]4[CH]5[CH]6[CH]2[Fe]56432789[CH]3[CH]2[CH]7[CH]8[CH]39)cc1. The first-order valence-corrected chi connectivity index (χ1v) is 27.8. The molecule has 10 heterocycles. The van der Waals surface area contributed by atoms with Crippen LogP contribution in [0.15, 0.2) is 121 Å². The molecule has 14 rings (SSSR count). The van der Waals surface area contributed by atoms with E-state index in [4.69, 9.17) is 0 Å². The minimum absolute atomic E-state index is 0. The van der Waals surface area contributed by atoms with Crippen molar-refractivity contribution in [1.29, 1.82) is 0 Å². The van der Waals surface area contributed by atoms with Gasteiger partial charge in [0.2, 0.25) is 0 Å². The van der Waals surface area contributed by atoms with Crippen molar-refractivity contribution < 1.29 is 22.3 Å². The van der Waals surface area contributed by atoms with E-state index in [0.717, 1.165) is 2.79 Å². The summed E-state index contributed by atoms with van der Waals surface area (Å²) in [5.74, 6) is 0. The molecule has 10 aliphatic heterocycles. The Balaban J connectivity index is 0.00000100. The van der Waals surface area contributed by atoms with Crippen molar-refractivity contribution in [1.82, 2.24) is 0 Å². The van der Waals surface area contributed by atoms with Gasteiger partial charge in [-0.25, -0.2) is 0 Å². The predicted molar refractivity (Wildman–Crippen MR) is 169 cm³/mol. The van der Waals surface area contributed by atoms with Gasteiger partial charge in [0.15, 0.2) is 0 Å². The van der Waals surface area contributed by atoms with Crippen LogP contribution in [0.1, 0.15) is 0 Å². The average Bonchev–Trinajstić information content (AvgIpc) is 3.93. The Kier molecular flexibility index (Phi) is 2.21. The summed E-state index contributed by atoms with van der Waals surface area (Å²) < 4.78 is 0.944. The zero-order valence-corrected chi connectivity index (χ0v) is 27.7. The molecule has 4 aromatic rings. The number of hydrogen-bond acceptors (Lipinski definition) is 0. The maximum absolute atomic E-state index is 3.40. The van der Waals surface area contributed by atoms with Crippen molar-refractivity contribution >= 4 is 58.3 Å². The Morgan fingerprint density at radius 2 is 0.700 bits per heavy atom. The molecule has 0 radical (unpaired) electrons. The fraction of sp³-hybridized carbons (Fsp3) is 0.294. The number of fused-ring (bicyclic) bond motifs is 10. The van der Waals surface area contributed by atoms with Crippen LogP contribution in [0.4, 0.5) is 0 Å². The second-order valence-corrected chi connectivity index (χ2v) is 54.0. The van der Waals surface area contributed by atoms with Gasteiger partial charge < -0.3 is 0 Å². The average molecular weight is 735 g/mol. The number of hydrogen-bond donors (Lipinski definition) is 0. The summed E-state index contributed by atoms with van der Waals surface area (Å²) in [5.41, 5.74) is 0. The van der Waals surface area contributed by atoms with Gasteiger partial charge in [-0.3, -0.25) is 0 Å². The summed E-state index contributed by atoms with van der Waals surface area (Å²) in [7, 11) is 0. The van der Waals surface area contributed by atoms with Crippen LogP contribution in [0.2, 0.25) is 46.1 Å². The molecule has 0 amide bonds. The molecule has 0 N–H and O–H groups in total. The van der Waals surface area contributed by atoms with Crippen LogP contribution in [-0.4, -0.2) is 0 Å². The third-order valence-corrected chi connectivity index (χ3v) is 90.9. The molecule has 6 heteroatoms. The summed E-state index contributed by atoms with van der Waals surface area (Å²) in [4.78, 5) is 12.4. The minimum atomic E-state index is -3.40. The molecule has 0 aliphatic carbocycles. The van der Waals surface area contributed by atoms with Crippen LogP contribution in [0.25, 0.3) is 0 Å². The van der Waals surface area contributed by atoms with Gasteiger partial charge in [-0.1, -0.05) is 0 Å². The fourth-order valence-corrected chi connectivity index (χ4v) is 153. The molecule has 1 spiro atoms.